The van der Waals surface area contributed by atoms with E-state index in [1.165, 1.54) is 6.07 Å². The predicted octanol–water partition coefficient (Wildman–Crippen LogP) is 5.61. The van der Waals surface area contributed by atoms with Gasteiger partial charge in [0.25, 0.3) is 0 Å². The number of aromatic nitrogens is 1. The van der Waals surface area contributed by atoms with Crippen molar-refractivity contribution in [2.75, 3.05) is 11.9 Å². The third kappa shape index (κ3) is 6.57. The lowest BCUT2D eigenvalue weighted by Crippen LogP contribution is -2.46. The van der Waals surface area contributed by atoms with Crippen LogP contribution in [0.15, 0.2) is 73.1 Å². The highest BCUT2D eigenvalue weighted by atomic mass is 19.1. The van der Waals surface area contributed by atoms with Gasteiger partial charge in [0.1, 0.15) is 5.82 Å². The lowest BCUT2D eigenvalue weighted by molar-refractivity contribution is -0.127. The summed E-state index contributed by atoms with van der Waals surface area (Å²) < 4.78 is 13.9. The van der Waals surface area contributed by atoms with Gasteiger partial charge < -0.3 is 16.0 Å². The zero-order chi connectivity index (χ0) is 26.3. The summed E-state index contributed by atoms with van der Waals surface area (Å²) in [5.74, 6) is 0.338. The molecule has 1 saturated carbocycles. The molecular weight excluding hydrogens is 479 g/mol. The van der Waals surface area contributed by atoms with E-state index in [1.54, 1.807) is 12.3 Å². The molecule has 0 saturated heterocycles. The molecule has 0 spiro atoms. The average molecular weight is 515 g/mol. The monoisotopic (exact) mass is 514 g/mol. The standard InChI is InChI=1S/C31H35FN4O2/c32-25-13-14-27-24(18-25)12-15-29(28(27)17-22-5-4-16-33-19-22)36-30(37)23-10-8-21(9-11-23)20-34-31(38)35-26-6-2-1-3-7-26/h1-7,13-14,16,18-19,21,23,28-29H,8-12,15,17,20H2,(H,36,37)(H2,34,35,38). The summed E-state index contributed by atoms with van der Waals surface area (Å²) in [4.78, 5) is 29.8. The molecule has 2 aliphatic carbocycles. The third-order valence-electron chi connectivity index (χ3n) is 8.02. The first-order chi connectivity index (χ1) is 18.5. The number of hydrogen-bond donors (Lipinski definition) is 3. The summed E-state index contributed by atoms with van der Waals surface area (Å²) in [7, 11) is 0. The molecule has 3 aromatic rings. The number of nitrogens with zero attached hydrogens (tertiary/aromatic N) is 1. The molecule has 2 unspecified atom stereocenters. The van der Waals surface area contributed by atoms with Crippen LogP contribution in [-0.2, 0) is 17.6 Å². The first-order valence-electron chi connectivity index (χ1n) is 13.6. The van der Waals surface area contributed by atoms with Crippen LogP contribution in [0.5, 0.6) is 0 Å². The molecule has 2 aromatic carbocycles. The summed E-state index contributed by atoms with van der Waals surface area (Å²) >= 11 is 0. The molecule has 2 aliphatic rings. The van der Waals surface area contributed by atoms with E-state index in [4.69, 9.17) is 0 Å². The van der Waals surface area contributed by atoms with Crippen LogP contribution in [0.3, 0.4) is 0 Å². The van der Waals surface area contributed by atoms with Crippen LogP contribution in [0.1, 0.15) is 54.7 Å². The van der Waals surface area contributed by atoms with Gasteiger partial charge in [-0.15, -0.1) is 0 Å². The van der Waals surface area contributed by atoms with Crippen molar-refractivity contribution in [3.05, 3.63) is 95.6 Å². The first kappa shape index (κ1) is 25.9. The quantitative estimate of drug-likeness (QED) is 0.384. The molecule has 198 valence electrons. The molecule has 5 rings (SSSR count). The number of fused-ring (bicyclic) bond motifs is 1. The Morgan fingerprint density at radius 3 is 2.53 bits per heavy atom. The Bertz CT molecular complexity index is 1230. The molecule has 3 amide bonds. The highest BCUT2D eigenvalue weighted by Gasteiger charge is 2.34. The zero-order valence-electron chi connectivity index (χ0n) is 21.5. The van der Waals surface area contributed by atoms with Crippen molar-refractivity contribution in [2.45, 2.75) is 56.9 Å². The number of benzene rings is 2. The Morgan fingerprint density at radius 1 is 0.947 bits per heavy atom. The highest BCUT2D eigenvalue weighted by molar-refractivity contribution is 5.89. The molecule has 7 heteroatoms. The minimum atomic E-state index is -0.213. The van der Waals surface area contributed by atoms with Crippen LogP contribution in [0, 0.1) is 17.7 Å². The van der Waals surface area contributed by atoms with E-state index in [1.807, 2.05) is 48.7 Å². The van der Waals surface area contributed by atoms with E-state index in [0.29, 0.717) is 12.5 Å². The number of nitrogens with one attached hydrogen (secondary N) is 3. The van der Waals surface area contributed by atoms with Crippen molar-refractivity contribution < 1.29 is 14.0 Å². The van der Waals surface area contributed by atoms with Crippen molar-refractivity contribution in [2.24, 2.45) is 11.8 Å². The molecule has 1 heterocycles. The van der Waals surface area contributed by atoms with E-state index in [0.717, 1.165) is 67.3 Å². The van der Waals surface area contributed by atoms with Gasteiger partial charge in [0, 0.05) is 42.5 Å². The Hall–Kier alpha value is -3.74. The molecule has 2 atom stereocenters. The van der Waals surface area contributed by atoms with Gasteiger partial charge in [-0.05, 0) is 97.9 Å². The third-order valence-corrected chi connectivity index (χ3v) is 8.02. The van der Waals surface area contributed by atoms with Crippen molar-refractivity contribution in [1.29, 1.82) is 0 Å². The molecule has 0 aliphatic heterocycles. The summed E-state index contributed by atoms with van der Waals surface area (Å²) in [6, 6.07) is 18.2. The fourth-order valence-corrected chi connectivity index (χ4v) is 5.94. The molecule has 6 nitrogen and oxygen atoms in total. The second kappa shape index (κ2) is 12.2. The number of aryl methyl sites for hydroxylation is 1. The maximum Gasteiger partial charge on any atom is 0.319 e. The summed E-state index contributed by atoms with van der Waals surface area (Å²) in [6.45, 7) is 0.607. The smallest absolute Gasteiger partial charge is 0.319 e. The van der Waals surface area contributed by atoms with Crippen LogP contribution in [-0.4, -0.2) is 29.5 Å². The Labute approximate surface area is 223 Å². The van der Waals surface area contributed by atoms with Crippen LogP contribution >= 0.6 is 0 Å². The maximum atomic E-state index is 13.9. The molecule has 1 fully saturated rings. The number of carbonyl (C=O) groups excluding carboxylic acids is 2. The second-order valence-corrected chi connectivity index (χ2v) is 10.6. The number of pyridine rings is 1. The summed E-state index contributed by atoms with van der Waals surface area (Å²) in [6.07, 6.45) is 9.39. The normalized spacial score (nSPS) is 22.7. The van der Waals surface area contributed by atoms with Crippen molar-refractivity contribution in [3.63, 3.8) is 0 Å². The Balaban J connectivity index is 1.14. The molecule has 0 bridgehead atoms. The van der Waals surface area contributed by atoms with Crippen LogP contribution in [0.4, 0.5) is 14.9 Å². The lowest BCUT2D eigenvalue weighted by Gasteiger charge is -2.36. The molecule has 1 aromatic heterocycles. The number of carbonyl (C=O) groups is 2. The van der Waals surface area contributed by atoms with Crippen molar-refractivity contribution in [1.82, 2.24) is 15.6 Å². The number of urea groups is 1. The molecular formula is C31H35FN4O2. The summed E-state index contributed by atoms with van der Waals surface area (Å²) in [5, 5.41) is 9.19. The topological polar surface area (TPSA) is 83.1 Å². The zero-order valence-corrected chi connectivity index (χ0v) is 21.5. The summed E-state index contributed by atoms with van der Waals surface area (Å²) in [5.41, 5.74) is 4.03. The first-order valence-corrected chi connectivity index (χ1v) is 13.6. The minimum Gasteiger partial charge on any atom is -0.352 e. The second-order valence-electron chi connectivity index (χ2n) is 10.6. The number of rotatable bonds is 7. The van der Waals surface area contributed by atoms with E-state index in [2.05, 4.69) is 27.0 Å². The van der Waals surface area contributed by atoms with E-state index < -0.39 is 0 Å². The van der Waals surface area contributed by atoms with Gasteiger partial charge in [-0.2, -0.15) is 0 Å². The highest BCUT2D eigenvalue weighted by Crippen LogP contribution is 2.36. The van der Waals surface area contributed by atoms with Crippen LogP contribution < -0.4 is 16.0 Å². The predicted molar refractivity (Wildman–Crippen MR) is 146 cm³/mol. The number of amides is 3. The lowest BCUT2D eigenvalue weighted by atomic mass is 9.75. The van der Waals surface area contributed by atoms with Crippen LogP contribution in [0.25, 0.3) is 0 Å². The largest absolute Gasteiger partial charge is 0.352 e. The molecule has 3 N–H and O–H groups in total. The number of para-hydroxylation sites is 1. The Kier molecular flexibility index (Phi) is 8.31. The number of halogens is 1. The van der Waals surface area contributed by atoms with Crippen molar-refractivity contribution >= 4 is 17.6 Å². The van der Waals surface area contributed by atoms with Gasteiger partial charge in [0.05, 0.1) is 0 Å². The Morgan fingerprint density at radius 2 is 1.76 bits per heavy atom. The molecule has 38 heavy (non-hydrogen) atoms. The average Bonchev–Trinajstić information content (AvgIpc) is 2.94. The van der Waals surface area contributed by atoms with Gasteiger partial charge in [-0.3, -0.25) is 9.78 Å². The number of anilines is 1. The van der Waals surface area contributed by atoms with Gasteiger partial charge in [-0.25, -0.2) is 9.18 Å². The van der Waals surface area contributed by atoms with Gasteiger partial charge >= 0.3 is 6.03 Å². The SMILES string of the molecule is O=C(NCC1CCC(C(=O)NC2CCc3cc(F)ccc3C2Cc2cccnc2)CC1)Nc1ccccc1. The van der Waals surface area contributed by atoms with Gasteiger partial charge in [0.15, 0.2) is 0 Å². The molecule has 0 radical (unpaired) electrons. The van der Waals surface area contributed by atoms with E-state index in [9.17, 15) is 14.0 Å². The van der Waals surface area contributed by atoms with E-state index >= 15 is 0 Å². The van der Waals surface area contributed by atoms with Crippen LogP contribution in [0.2, 0.25) is 0 Å². The van der Waals surface area contributed by atoms with Gasteiger partial charge in [-0.1, -0.05) is 30.3 Å². The van der Waals surface area contributed by atoms with E-state index in [-0.39, 0.29) is 35.6 Å². The number of hydrogen-bond acceptors (Lipinski definition) is 3. The maximum absolute atomic E-state index is 13.9. The van der Waals surface area contributed by atoms with Crippen molar-refractivity contribution in [3.8, 4) is 0 Å². The fourth-order valence-electron chi connectivity index (χ4n) is 5.94. The van der Waals surface area contributed by atoms with Gasteiger partial charge in [0.2, 0.25) is 5.91 Å². The minimum absolute atomic E-state index is 0.00161. The fraction of sp³-hybridized carbons (Fsp3) is 0.387.